The predicted octanol–water partition coefficient (Wildman–Crippen LogP) is 1.18. The Bertz CT molecular complexity index is 946. The Morgan fingerprint density at radius 2 is 1.92 bits per heavy atom. The standard InChI is InChI=1S/C7H9N5.C7H8N4O/c1-2-12-4-11-5-6(8)9-3-10-7(5)12;1-2-12-7-5-6(9-3-8-5)10-4-11-7/h3-4H,2H2,1H3,(H2,8,9,10);3-4H,2H2,1H3,(H,8,9,10,11). The van der Waals surface area contributed by atoms with Crippen molar-refractivity contribution in [2.75, 3.05) is 12.3 Å². The molecule has 0 spiro atoms. The van der Waals surface area contributed by atoms with Crippen LogP contribution >= 0.6 is 0 Å². The summed E-state index contributed by atoms with van der Waals surface area (Å²) in [5.41, 5.74) is 8.46. The summed E-state index contributed by atoms with van der Waals surface area (Å²) in [5.74, 6) is 0.993. The van der Waals surface area contributed by atoms with Gasteiger partial charge in [-0.15, -0.1) is 0 Å². The Morgan fingerprint density at radius 1 is 1.08 bits per heavy atom. The molecule has 0 saturated heterocycles. The van der Waals surface area contributed by atoms with E-state index in [0.29, 0.717) is 29.5 Å². The van der Waals surface area contributed by atoms with Crippen LogP contribution in [0.2, 0.25) is 0 Å². The average molecular weight is 327 g/mol. The maximum atomic E-state index is 5.60. The van der Waals surface area contributed by atoms with E-state index in [1.165, 1.54) is 12.7 Å². The number of nitrogens with zero attached hydrogens (tertiary/aromatic N) is 7. The van der Waals surface area contributed by atoms with Gasteiger partial charge < -0.3 is 20.0 Å². The second kappa shape index (κ2) is 6.86. The zero-order valence-corrected chi connectivity index (χ0v) is 13.3. The molecule has 4 aromatic rings. The molecule has 0 aliphatic rings. The minimum absolute atomic E-state index is 0.437. The SMILES string of the molecule is CCOc1ncnc2nc[nH]c12.CCn1cnc2c(N)ncnc21. The summed E-state index contributed by atoms with van der Waals surface area (Å²) in [6, 6.07) is 0. The van der Waals surface area contributed by atoms with Gasteiger partial charge in [-0.25, -0.2) is 24.9 Å². The Morgan fingerprint density at radius 3 is 2.71 bits per heavy atom. The fourth-order valence-corrected chi connectivity index (χ4v) is 2.12. The van der Waals surface area contributed by atoms with E-state index in [9.17, 15) is 0 Å². The minimum Gasteiger partial charge on any atom is -0.476 e. The largest absolute Gasteiger partial charge is 0.476 e. The van der Waals surface area contributed by atoms with E-state index < -0.39 is 0 Å². The number of nitrogens with one attached hydrogen (secondary N) is 1. The van der Waals surface area contributed by atoms with Crippen LogP contribution in [0.3, 0.4) is 0 Å². The number of imidazole rings is 2. The second-order valence-electron chi connectivity index (χ2n) is 4.67. The number of nitrogens with two attached hydrogens (primary N) is 1. The highest BCUT2D eigenvalue weighted by molar-refractivity contribution is 5.81. The second-order valence-corrected chi connectivity index (χ2v) is 4.67. The molecule has 3 N–H and O–H groups in total. The van der Waals surface area contributed by atoms with Crippen molar-refractivity contribution >= 4 is 28.1 Å². The van der Waals surface area contributed by atoms with E-state index in [-0.39, 0.29) is 0 Å². The van der Waals surface area contributed by atoms with Gasteiger partial charge in [-0.1, -0.05) is 0 Å². The third-order valence-electron chi connectivity index (χ3n) is 3.24. The molecule has 4 aromatic heterocycles. The molecule has 124 valence electrons. The lowest BCUT2D eigenvalue weighted by atomic mass is 10.5. The zero-order valence-electron chi connectivity index (χ0n) is 13.3. The average Bonchev–Trinajstić information content (AvgIpc) is 3.23. The molecule has 0 bridgehead atoms. The van der Waals surface area contributed by atoms with Crippen molar-refractivity contribution < 1.29 is 4.74 Å². The Hall–Kier alpha value is -3.30. The molecule has 0 aliphatic carbocycles. The van der Waals surface area contributed by atoms with Crippen molar-refractivity contribution in [3.8, 4) is 5.88 Å². The van der Waals surface area contributed by atoms with Crippen LogP contribution in [-0.4, -0.2) is 46.1 Å². The van der Waals surface area contributed by atoms with Crippen molar-refractivity contribution in [3.63, 3.8) is 0 Å². The van der Waals surface area contributed by atoms with E-state index in [4.69, 9.17) is 10.5 Å². The van der Waals surface area contributed by atoms with Crippen molar-refractivity contribution in [2.24, 2.45) is 0 Å². The molecule has 0 aromatic carbocycles. The molecule has 0 aliphatic heterocycles. The molecule has 10 heteroatoms. The summed E-state index contributed by atoms with van der Waals surface area (Å²) in [4.78, 5) is 26.8. The third kappa shape index (κ3) is 2.93. The monoisotopic (exact) mass is 327 g/mol. The molecule has 4 heterocycles. The molecule has 4 rings (SSSR count). The van der Waals surface area contributed by atoms with E-state index >= 15 is 0 Å². The number of ether oxygens (including phenoxy) is 1. The van der Waals surface area contributed by atoms with Crippen LogP contribution in [0.25, 0.3) is 22.3 Å². The summed E-state index contributed by atoms with van der Waals surface area (Å²) in [6.45, 7) is 5.36. The van der Waals surface area contributed by atoms with Crippen LogP contribution < -0.4 is 10.5 Å². The molecule has 24 heavy (non-hydrogen) atoms. The number of anilines is 1. The van der Waals surface area contributed by atoms with Crippen molar-refractivity contribution in [2.45, 2.75) is 20.4 Å². The van der Waals surface area contributed by atoms with Gasteiger partial charge in [0.2, 0.25) is 5.88 Å². The van der Waals surface area contributed by atoms with Gasteiger partial charge in [0.05, 0.1) is 19.3 Å². The number of rotatable bonds is 3. The summed E-state index contributed by atoms with van der Waals surface area (Å²) < 4.78 is 7.18. The molecule has 0 amide bonds. The summed E-state index contributed by atoms with van der Waals surface area (Å²) in [6.07, 6.45) is 6.18. The van der Waals surface area contributed by atoms with E-state index in [1.54, 1.807) is 12.7 Å². The topological polar surface area (TPSA) is 133 Å². The quantitative estimate of drug-likeness (QED) is 0.573. The number of aryl methyl sites for hydroxylation is 1. The van der Waals surface area contributed by atoms with Crippen LogP contribution in [0.15, 0.2) is 25.3 Å². The smallest absolute Gasteiger partial charge is 0.243 e. The Kier molecular flexibility index (Phi) is 4.45. The van der Waals surface area contributed by atoms with Crippen molar-refractivity contribution in [1.82, 2.24) is 39.5 Å². The number of H-pyrrole nitrogens is 1. The normalized spacial score (nSPS) is 10.6. The van der Waals surface area contributed by atoms with Crippen LogP contribution in [0, 0.1) is 0 Å². The van der Waals surface area contributed by atoms with Gasteiger partial charge in [0.25, 0.3) is 0 Å². The molecule has 0 atom stereocenters. The fraction of sp³-hybridized carbons (Fsp3) is 0.286. The highest BCUT2D eigenvalue weighted by Crippen LogP contribution is 2.16. The maximum Gasteiger partial charge on any atom is 0.243 e. The summed E-state index contributed by atoms with van der Waals surface area (Å²) in [7, 11) is 0. The Labute approximate surface area is 137 Å². The number of hydrogen-bond acceptors (Lipinski definition) is 8. The fourth-order valence-electron chi connectivity index (χ4n) is 2.12. The summed E-state index contributed by atoms with van der Waals surface area (Å²) >= 11 is 0. The number of fused-ring (bicyclic) bond motifs is 2. The first-order valence-electron chi connectivity index (χ1n) is 7.42. The Balaban J connectivity index is 0.000000141. The van der Waals surface area contributed by atoms with Gasteiger partial charge in [0.1, 0.15) is 23.7 Å². The third-order valence-corrected chi connectivity index (χ3v) is 3.24. The number of aromatic nitrogens is 8. The number of aromatic amines is 1. The predicted molar refractivity (Wildman–Crippen MR) is 88.3 cm³/mol. The molecule has 0 unspecified atom stereocenters. The van der Waals surface area contributed by atoms with Crippen LogP contribution in [0.4, 0.5) is 5.82 Å². The van der Waals surface area contributed by atoms with Gasteiger partial charge in [0, 0.05) is 6.54 Å². The highest BCUT2D eigenvalue weighted by atomic mass is 16.5. The molecule has 10 nitrogen and oxygen atoms in total. The lowest BCUT2D eigenvalue weighted by Gasteiger charge is -2.00. The molecule has 0 radical (unpaired) electrons. The molecule has 0 fully saturated rings. The lowest BCUT2D eigenvalue weighted by molar-refractivity contribution is 0.330. The van der Waals surface area contributed by atoms with Crippen molar-refractivity contribution in [1.29, 1.82) is 0 Å². The molecule has 0 saturated carbocycles. The van der Waals surface area contributed by atoms with Crippen LogP contribution in [-0.2, 0) is 6.54 Å². The van der Waals surface area contributed by atoms with Gasteiger partial charge in [0.15, 0.2) is 17.1 Å². The first kappa shape index (κ1) is 15.6. The number of hydrogen-bond donors (Lipinski definition) is 2. The van der Waals surface area contributed by atoms with Gasteiger partial charge in [-0.2, -0.15) is 4.98 Å². The minimum atomic E-state index is 0.437. The molecular formula is C14H17N9O. The first-order chi connectivity index (χ1) is 11.7. The van der Waals surface area contributed by atoms with Crippen molar-refractivity contribution in [3.05, 3.63) is 25.3 Å². The van der Waals surface area contributed by atoms with Gasteiger partial charge >= 0.3 is 0 Å². The van der Waals surface area contributed by atoms with Gasteiger partial charge in [-0.3, -0.25) is 0 Å². The lowest BCUT2D eigenvalue weighted by Crippen LogP contribution is -1.96. The van der Waals surface area contributed by atoms with Gasteiger partial charge in [-0.05, 0) is 13.8 Å². The summed E-state index contributed by atoms with van der Waals surface area (Å²) in [5, 5.41) is 0. The van der Waals surface area contributed by atoms with Crippen LogP contribution in [0.5, 0.6) is 5.88 Å². The molecular weight excluding hydrogens is 310 g/mol. The van der Waals surface area contributed by atoms with E-state index in [1.807, 2.05) is 18.4 Å². The van der Waals surface area contributed by atoms with E-state index in [2.05, 4.69) is 34.9 Å². The first-order valence-corrected chi connectivity index (χ1v) is 7.42. The van der Waals surface area contributed by atoms with E-state index in [0.717, 1.165) is 17.7 Å². The van der Waals surface area contributed by atoms with Crippen LogP contribution in [0.1, 0.15) is 13.8 Å². The number of nitrogen functional groups attached to an aromatic ring is 1. The maximum absolute atomic E-state index is 5.60. The zero-order chi connectivity index (χ0) is 16.9. The highest BCUT2D eigenvalue weighted by Gasteiger charge is 2.05.